The highest BCUT2D eigenvalue weighted by Crippen LogP contribution is 2.69. The van der Waals surface area contributed by atoms with Crippen LogP contribution in [0.3, 0.4) is 0 Å². The average molecular weight is 513 g/mol. The highest BCUT2D eigenvalue weighted by Gasteiger charge is 2.65. The van der Waals surface area contributed by atoms with Crippen molar-refractivity contribution >= 4 is 0 Å². The zero-order chi connectivity index (χ0) is 26.2. The van der Waals surface area contributed by atoms with E-state index in [2.05, 4.69) is 27.7 Å². The number of halogens is 3. The Labute approximate surface area is 217 Å². The summed E-state index contributed by atoms with van der Waals surface area (Å²) < 4.78 is 40.9. The van der Waals surface area contributed by atoms with Crippen LogP contribution in [0, 0.1) is 45.8 Å². The molecule has 0 amide bonds. The van der Waals surface area contributed by atoms with Gasteiger partial charge < -0.3 is 10.2 Å². The summed E-state index contributed by atoms with van der Waals surface area (Å²) in [6.45, 7) is 9.44. The van der Waals surface area contributed by atoms with Gasteiger partial charge in [0.2, 0.25) is 0 Å². The Kier molecular flexibility index (Phi) is 6.72. The molecule has 0 spiro atoms. The Balaban J connectivity index is 1.21. The van der Waals surface area contributed by atoms with Crippen molar-refractivity contribution in [1.29, 1.82) is 0 Å². The lowest BCUT2D eigenvalue weighted by Gasteiger charge is -2.62. The van der Waals surface area contributed by atoms with Gasteiger partial charge in [0.15, 0.2) is 5.60 Å². The van der Waals surface area contributed by atoms with E-state index < -0.39 is 17.4 Å². The molecule has 0 aromatic heterocycles. The van der Waals surface area contributed by atoms with E-state index in [1.54, 1.807) is 0 Å². The summed E-state index contributed by atoms with van der Waals surface area (Å²) in [5, 5.41) is 21.6. The summed E-state index contributed by atoms with van der Waals surface area (Å²) >= 11 is 0. The third-order valence-electron chi connectivity index (χ3n) is 13.2. The lowest BCUT2D eigenvalue weighted by molar-refractivity contribution is -0.290. The smallest absolute Gasteiger partial charge is 0.390 e. The Morgan fingerprint density at radius 2 is 1.39 bits per heavy atom. The predicted molar refractivity (Wildman–Crippen MR) is 137 cm³/mol. The number of aliphatic hydroxyl groups is 2. The zero-order valence-electron chi connectivity index (χ0n) is 23.2. The molecule has 0 unspecified atom stereocenters. The molecule has 0 radical (unpaired) electrons. The molecular formula is C31H51F3O2. The van der Waals surface area contributed by atoms with Crippen LogP contribution in [0.2, 0.25) is 0 Å². The van der Waals surface area contributed by atoms with Crippen molar-refractivity contribution in [2.45, 2.75) is 148 Å². The molecule has 5 aliphatic carbocycles. The van der Waals surface area contributed by atoms with Crippen LogP contribution in [0.4, 0.5) is 13.2 Å². The highest BCUT2D eigenvalue weighted by atomic mass is 19.4. The van der Waals surface area contributed by atoms with Gasteiger partial charge in [0.1, 0.15) is 0 Å². The van der Waals surface area contributed by atoms with Crippen LogP contribution >= 0.6 is 0 Å². The van der Waals surface area contributed by atoms with Crippen molar-refractivity contribution < 1.29 is 23.4 Å². The van der Waals surface area contributed by atoms with Crippen molar-refractivity contribution in [2.24, 2.45) is 45.8 Å². The van der Waals surface area contributed by atoms with E-state index in [1.807, 2.05) is 0 Å². The van der Waals surface area contributed by atoms with E-state index in [-0.39, 0.29) is 24.2 Å². The average Bonchev–Trinajstić information content (AvgIpc) is 3.12. The number of hydrogen-bond acceptors (Lipinski definition) is 2. The molecule has 0 saturated heterocycles. The van der Waals surface area contributed by atoms with Crippen LogP contribution in [0.15, 0.2) is 0 Å². The predicted octanol–water partition coefficient (Wildman–Crippen LogP) is 8.44. The summed E-state index contributed by atoms with van der Waals surface area (Å²) in [5.74, 6) is 2.55. The minimum atomic E-state index is -4.52. The van der Waals surface area contributed by atoms with Crippen molar-refractivity contribution in [1.82, 2.24) is 0 Å². The van der Waals surface area contributed by atoms with Gasteiger partial charge in [0, 0.05) is 0 Å². The third-order valence-corrected chi connectivity index (χ3v) is 13.2. The van der Waals surface area contributed by atoms with Crippen molar-refractivity contribution in [3.63, 3.8) is 0 Å². The summed E-state index contributed by atoms with van der Waals surface area (Å²) in [6.07, 6.45) is 9.96. The molecule has 0 aliphatic heterocycles. The zero-order valence-corrected chi connectivity index (χ0v) is 23.2. The van der Waals surface area contributed by atoms with Crippen LogP contribution in [0.1, 0.15) is 130 Å². The fraction of sp³-hybridized carbons (Fsp3) is 1.00. The molecule has 0 aromatic rings. The summed E-state index contributed by atoms with van der Waals surface area (Å²) in [4.78, 5) is 0. The molecule has 8 atom stereocenters. The quantitative estimate of drug-likeness (QED) is 0.397. The van der Waals surface area contributed by atoms with Gasteiger partial charge in [-0.05, 0) is 142 Å². The third kappa shape index (κ3) is 4.48. The fourth-order valence-corrected chi connectivity index (χ4v) is 10.4. The Morgan fingerprint density at radius 1 is 0.722 bits per heavy atom. The first-order valence-electron chi connectivity index (χ1n) is 15.1. The molecule has 5 aliphatic rings. The minimum Gasteiger partial charge on any atom is -0.390 e. The normalized spacial score (nSPS) is 48.1. The molecular weight excluding hydrogens is 461 g/mol. The molecule has 5 heteroatoms. The Hall–Kier alpha value is -0.290. The van der Waals surface area contributed by atoms with Gasteiger partial charge in [-0.25, -0.2) is 0 Å². The van der Waals surface area contributed by atoms with E-state index in [0.717, 1.165) is 63.7 Å². The molecule has 5 saturated carbocycles. The first-order chi connectivity index (χ1) is 16.6. The van der Waals surface area contributed by atoms with E-state index in [1.165, 1.54) is 25.7 Å². The van der Waals surface area contributed by atoms with Crippen molar-refractivity contribution in [3.05, 3.63) is 0 Å². The van der Waals surface area contributed by atoms with Gasteiger partial charge in [-0.15, -0.1) is 0 Å². The van der Waals surface area contributed by atoms with Gasteiger partial charge >= 0.3 is 6.18 Å². The Morgan fingerprint density at radius 3 is 2.06 bits per heavy atom. The molecule has 0 aromatic carbocycles. The first-order valence-corrected chi connectivity index (χ1v) is 15.1. The van der Waals surface area contributed by atoms with Crippen molar-refractivity contribution in [3.8, 4) is 0 Å². The topological polar surface area (TPSA) is 40.5 Å². The SMILES string of the molecule is CC1(C)CCC(O)(CCC[C@@H]2CC[C@H]3[C@@H]4CC[C@H]5C[C@](O)(C(F)(F)F)CC[C@]5(C)[C@H]4CC[C@]23C)CC1. The summed E-state index contributed by atoms with van der Waals surface area (Å²) in [7, 11) is 0. The number of fused-ring (bicyclic) bond motifs is 5. The summed E-state index contributed by atoms with van der Waals surface area (Å²) in [5.41, 5.74) is -2.28. The molecule has 0 heterocycles. The second-order valence-electron chi connectivity index (χ2n) is 15.5. The van der Waals surface area contributed by atoms with Gasteiger partial charge in [-0.1, -0.05) is 34.1 Å². The van der Waals surface area contributed by atoms with Crippen LogP contribution < -0.4 is 0 Å². The lowest BCUT2D eigenvalue weighted by atomic mass is 9.43. The first kappa shape index (κ1) is 27.3. The standard InChI is InChI=1S/C31H51F3O2/c1-26(2)14-17-29(35,18-15-26)12-5-6-21-8-10-24-23-9-7-22-20-30(36,31(32,33)34)19-16-28(22,4)25(23)11-13-27(21,24)3/h21-25,35-36H,5-20H2,1-4H3/t21-,22+,23+,24+,25+,27-,28+,30+/m1/s1. The highest BCUT2D eigenvalue weighted by molar-refractivity contribution is 5.11. The summed E-state index contributed by atoms with van der Waals surface area (Å²) in [6, 6.07) is 0. The largest absolute Gasteiger partial charge is 0.417 e. The monoisotopic (exact) mass is 512 g/mol. The molecule has 5 fully saturated rings. The van der Waals surface area contributed by atoms with Crippen LogP contribution in [0.25, 0.3) is 0 Å². The maximum Gasteiger partial charge on any atom is 0.417 e. The van der Waals surface area contributed by atoms with Gasteiger partial charge in [0.25, 0.3) is 0 Å². The Bertz CT molecular complexity index is 813. The van der Waals surface area contributed by atoms with Gasteiger partial charge in [-0.2, -0.15) is 13.2 Å². The molecule has 2 nitrogen and oxygen atoms in total. The molecule has 36 heavy (non-hydrogen) atoms. The number of hydrogen-bond donors (Lipinski definition) is 2. The fourth-order valence-electron chi connectivity index (χ4n) is 10.4. The lowest BCUT2D eigenvalue weighted by Crippen LogP contribution is -2.59. The van der Waals surface area contributed by atoms with Gasteiger partial charge in [0.05, 0.1) is 5.60 Å². The molecule has 0 bridgehead atoms. The second-order valence-corrected chi connectivity index (χ2v) is 15.5. The van der Waals surface area contributed by atoms with E-state index >= 15 is 0 Å². The molecule has 2 N–H and O–H groups in total. The maximum atomic E-state index is 13.6. The van der Waals surface area contributed by atoms with Crippen LogP contribution in [-0.4, -0.2) is 27.6 Å². The second kappa shape index (κ2) is 8.86. The molecule has 208 valence electrons. The number of alkyl halides is 3. The van der Waals surface area contributed by atoms with E-state index in [0.29, 0.717) is 35.0 Å². The van der Waals surface area contributed by atoms with Crippen LogP contribution in [0.5, 0.6) is 0 Å². The molecule has 5 rings (SSSR count). The van der Waals surface area contributed by atoms with Crippen LogP contribution in [-0.2, 0) is 0 Å². The maximum absolute atomic E-state index is 13.6. The van der Waals surface area contributed by atoms with E-state index in [9.17, 15) is 23.4 Å². The van der Waals surface area contributed by atoms with Gasteiger partial charge in [-0.3, -0.25) is 0 Å². The minimum absolute atomic E-state index is 0.0121. The number of rotatable bonds is 4. The van der Waals surface area contributed by atoms with E-state index in [4.69, 9.17) is 0 Å². The van der Waals surface area contributed by atoms with Crippen molar-refractivity contribution in [2.75, 3.05) is 0 Å².